The fourth-order valence-corrected chi connectivity index (χ4v) is 7.28. The first-order chi connectivity index (χ1) is 16.0. The van der Waals surface area contributed by atoms with E-state index in [0.717, 1.165) is 54.0 Å². The number of fused-ring (bicyclic) bond motifs is 1. The Kier molecular flexibility index (Phi) is 8.24. The van der Waals surface area contributed by atoms with Crippen LogP contribution in [0.25, 0.3) is 10.9 Å². The molecule has 0 spiro atoms. The summed E-state index contributed by atoms with van der Waals surface area (Å²) in [6.07, 6.45) is 9.38. The number of rotatable bonds is 10. The van der Waals surface area contributed by atoms with Crippen LogP contribution >= 0.6 is 24.0 Å². The molecule has 34 heavy (non-hydrogen) atoms. The van der Waals surface area contributed by atoms with Crippen molar-refractivity contribution in [2.24, 2.45) is 23.2 Å². The van der Waals surface area contributed by atoms with Crippen molar-refractivity contribution in [3.8, 4) is 0 Å². The molecule has 1 aromatic heterocycles. The SMILES string of the molecule is Cl.O=C(CC12CC3CC(CC(C3)C1)C2)Nc1c(Cl)ccc2nc(NCCCNCCO)ccc12. The van der Waals surface area contributed by atoms with Crippen molar-refractivity contribution >= 4 is 52.3 Å². The van der Waals surface area contributed by atoms with Crippen molar-refractivity contribution < 1.29 is 9.90 Å². The minimum atomic E-state index is 0. The molecular weight excluding hydrogens is 471 g/mol. The third kappa shape index (κ3) is 5.62. The third-order valence-electron chi connectivity index (χ3n) is 7.91. The Hall–Kier alpha value is -1.60. The van der Waals surface area contributed by atoms with Crippen molar-refractivity contribution in [1.29, 1.82) is 0 Å². The molecule has 2 aromatic rings. The molecule has 4 fully saturated rings. The van der Waals surface area contributed by atoms with Gasteiger partial charge in [0.2, 0.25) is 5.91 Å². The van der Waals surface area contributed by atoms with Crippen LogP contribution < -0.4 is 16.0 Å². The number of halogens is 2. The molecule has 186 valence electrons. The van der Waals surface area contributed by atoms with Crippen LogP contribution in [0.4, 0.5) is 11.5 Å². The molecule has 4 N–H and O–H groups in total. The number of nitrogens with one attached hydrogen (secondary N) is 3. The molecule has 0 atom stereocenters. The van der Waals surface area contributed by atoms with E-state index >= 15 is 0 Å². The summed E-state index contributed by atoms with van der Waals surface area (Å²) in [7, 11) is 0. The van der Waals surface area contributed by atoms with Gasteiger partial charge < -0.3 is 21.1 Å². The molecule has 1 aromatic carbocycles. The molecule has 6 nitrogen and oxygen atoms in total. The lowest BCUT2D eigenvalue weighted by atomic mass is 9.49. The summed E-state index contributed by atoms with van der Waals surface area (Å²) in [5, 5.41) is 19.9. The number of amides is 1. The molecule has 0 unspecified atom stereocenters. The molecule has 4 aliphatic carbocycles. The second-order valence-corrected chi connectivity index (χ2v) is 11.0. The largest absolute Gasteiger partial charge is 0.395 e. The minimum absolute atomic E-state index is 0. The van der Waals surface area contributed by atoms with Crippen LogP contribution in [0.3, 0.4) is 0 Å². The highest BCUT2D eigenvalue weighted by Crippen LogP contribution is 2.61. The molecule has 0 aliphatic heterocycles. The van der Waals surface area contributed by atoms with Crippen LogP contribution in [0, 0.1) is 23.2 Å². The number of aromatic nitrogens is 1. The summed E-state index contributed by atoms with van der Waals surface area (Å²) in [5.74, 6) is 3.41. The van der Waals surface area contributed by atoms with Gasteiger partial charge in [-0.25, -0.2) is 4.98 Å². The van der Waals surface area contributed by atoms with E-state index in [0.29, 0.717) is 23.7 Å². The van der Waals surface area contributed by atoms with Gasteiger partial charge in [0, 0.05) is 24.9 Å². The Balaban J connectivity index is 0.00000274. The highest BCUT2D eigenvalue weighted by Gasteiger charge is 2.51. The van der Waals surface area contributed by atoms with E-state index in [1.807, 2.05) is 24.3 Å². The van der Waals surface area contributed by atoms with Gasteiger partial charge in [-0.1, -0.05) is 11.6 Å². The molecule has 6 rings (SSSR count). The lowest BCUT2D eigenvalue weighted by Gasteiger charge is -2.56. The van der Waals surface area contributed by atoms with E-state index < -0.39 is 0 Å². The third-order valence-corrected chi connectivity index (χ3v) is 8.23. The summed E-state index contributed by atoms with van der Waals surface area (Å²) in [5.41, 5.74) is 1.70. The van der Waals surface area contributed by atoms with Gasteiger partial charge in [0.25, 0.3) is 0 Å². The molecule has 4 aliphatic rings. The van der Waals surface area contributed by atoms with E-state index in [1.165, 1.54) is 38.5 Å². The molecule has 1 amide bonds. The molecule has 0 saturated heterocycles. The number of aliphatic hydroxyl groups excluding tert-OH is 1. The Morgan fingerprint density at radius 2 is 1.74 bits per heavy atom. The fourth-order valence-electron chi connectivity index (χ4n) is 7.07. The zero-order valence-electron chi connectivity index (χ0n) is 19.6. The standard InChI is InChI=1S/C26H35ClN4O2.ClH/c27-21-3-4-22-20(2-5-23(30-22)29-7-1-6-28-8-9-32)25(21)31-24(33)16-26-13-17-10-18(14-26)12-19(11-17)15-26;/h2-5,17-19,28,32H,1,6-16H2,(H,29,30)(H,31,33);1H. The van der Waals surface area contributed by atoms with Gasteiger partial charge in [-0.2, -0.15) is 0 Å². The quantitative estimate of drug-likeness (QED) is 0.331. The maximum atomic E-state index is 13.2. The van der Waals surface area contributed by atoms with Gasteiger partial charge in [0.15, 0.2) is 0 Å². The van der Waals surface area contributed by atoms with Crippen molar-refractivity contribution in [1.82, 2.24) is 10.3 Å². The first-order valence-electron chi connectivity index (χ1n) is 12.5. The van der Waals surface area contributed by atoms with Crippen molar-refractivity contribution in [2.75, 3.05) is 36.9 Å². The number of benzene rings is 1. The topological polar surface area (TPSA) is 86.3 Å². The highest BCUT2D eigenvalue weighted by molar-refractivity contribution is 6.35. The smallest absolute Gasteiger partial charge is 0.224 e. The van der Waals surface area contributed by atoms with Crippen molar-refractivity contribution in [3.05, 3.63) is 29.3 Å². The first kappa shape index (κ1) is 25.5. The van der Waals surface area contributed by atoms with Crippen molar-refractivity contribution in [3.63, 3.8) is 0 Å². The number of hydrogen-bond donors (Lipinski definition) is 4. The molecule has 1 heterocycles. The summed E-state index contributed by atoms with van der Waals surface area (Å²) in [4.78, 5) is 17.9. The Morgan fingerprint density at radius 1 is 1.03 bits per heavy atom. The van der Waals surface area contributed by atoms with Gasteiger partial charge in [0.1, 0.15) is 5.82 Å². The van der Waals surface area contributed by atoms with Crippen molar-refractivity contribution in [2.45, 2.75) is 51.4 Å². The first-order valence-corrected chi connectivity index (χ1v) is 12.9. The molecule has 0 radical (unpaired) electrons. The summed E-state index contributed by atoms with van der Waals surface area (Å²) in [6.45, 7) is 2.41. The van der Waals surface area contributed by atoms with E-state index in [4.69, 9.17) is 21.7 Å². The molecule has 4 bridgehead atoms. The van der Waals surface area contributed by atoms with Gasteiger partial charge in [-0.3, -0.25) is 4.79 Å². The van der Waals surface area contributed by atoms with Gasteiger partial charge >= 0.3 is 0 Å². The predicted molar refractivity (Wildman–Crippen MR) is 141 cm³/mol. The lowest BCUT2D eigenvalue weighted by molar-refractivity contribution is -0.124. The van der Waals surface area contributed by atoms with Crippen LogP contribution in [0.2, 0.25) is 5.02 Å². The van der Waals surface area contributed by atoms with Gasteiger partial charge in [-0.05, 0) is 98.9 Å². The van der Waals surface area contributed by atoms with E-state index in [2.05, 4.69) is 16.0 Å². The van der Waals surface area contributed by atoms with Gasteiger partial charge in [-0.15, -0.1) is 12.4 Å². The zero-order chi connectivity index (χ0) is 22.8. The van der Waals surface area contributed by atoms with Crippen LogP contribution in [-0.2, 0) is 4.79 Å². The van der Waals surface area contributed by atoms with E-state index in [1.54, 1.807) is 0 Å². The normalized spacial score (nSPS) is 26.9. The van der Waals surface area contributed by atoms with Crippen LogP contribution in [0.5, 0.6) is 0 Å². The number of carbonyl (C=O) groups is 1. The fraction of sp³-hybridized carbons (Fsp3) is 0.615. The predicted octanol–water partition coefficient (Wildman–Crippen LogP) is 5.24. The lowest BCUT2D eigenvalue weighted by Crippen LogP contribution is -2.47. The zero-order valence-corrected chi connectivity index (χ0v) is 21.2. The molecule has 4 saturated carbocycles. The van der Waals surface area contributed by atoms with Crippen LogP contribution in [-0.4, -0.2) is 42.2 Å². The van der Waals surface area contributed by atoms with Gasteiger partial charge in [0.05, 0.1) is 22.8 Å². The minimum Gasteiger partial charge on any atom is -0.395 e. The van der Waals surface area contributed by atoms with E-state index in [9.17, 15) is 4.79 Å². The van der Waals surface area contributed by atoms with Crippen LogP contribution in [0.15, 0.2) is 24.3 Å². The maximum absolute atomic E-state index is 13.2. The molecular formula is C26H36Cl2N4O2. The monoisotopic (exact) mass is 506 g/mol. The number of aliphatic hydroxyl groups is 1. The maximum Gasteiger partial charge on any atom is 0.224 e. The Labute approximate surface area is 213 Å². The average molecular weight is 508 g/mol. The number of pyridine rings is 1. The Morgan fingerprint density at radius 3 is 2.41 bits per heavy atom. The molecule has 8 heteroatoms. The Bertz CT molecular complexity index is 980. The summed E-state index contributed by atoms with van der Waals surface area (Å²) >= 11 is 6.52. The summed E-state index contributed by atoms with van der Waals surface area (Å²) < 4.78 is 0. The number of anilines is 2. The average Bonchev–Trinajstić information content (AvgIpc) is 2.77. The summed E-state index contributed by atoms with van der Waals surface area (Å²) in [6, 6.07) is 7.65. The van der Waals surface area contributed by atoms with E-state index in [-0.39, 0.29) is 30.3 Å². The number of carbonyl (C=O) groups excluding carboxylic acids is 1. The van der Waals surface area contributed by atoms with Crippen LogP contribution in [0.1, 0.15) is 51.4 Å². The number of nitrogens with zero attached hydrogens (tertiary/aromatic N) is 1. The highest BCUT2D eigenvalue weighted by atomic mass is 35.5. The second-order valence-electron chi connectivity index (χ2n) is 10.6. The second kappa shape index (κ2) is 11.0. The number of hydrogen-bond acceptors (Lipinski definition) is 5.